The minimum absolute atomic E-state index is 0.747. The van der Waals surface area contributed by atoms with Crippen molar-refractivity contribution in [3.05, 3.63) is 18.3 Å². The van der Waals surface area contributed by atoms with E-state index in [2.05, 4.69) is 26.9 Å². The van der Waals surface area contributed by atoms with Crippen LogP contribution in [0.15, 0.2) is 12.7 Å². The maximum Gasteiger partial charge on any atom is 0.180 e. The molecule has 0 aliphatic heterocycles. The van der Waals surface area contributed by atoms with Crippen LogP contribution in [-0.2, 0) is 6.42 Å². The summed E-state index contributed by atoms with van der Waals surface area (Å²) >= 11 is 0. The first-order valence-electron chi connectivity index (χ1n) is 4.54. The molecule has 2 heterocycles. The Kier molecular flexibility index (Phi) is 3.37. The lowest BCUT2D eigenvalue weighted by molar-refractivity contribution is 1.02. The van der Waals surface area contributed by atoms with Gasteiger partial charge in [0.2, 0.25) is 0 Å². The van der Waals surface area contributed by atoms with E-state index in [1.807, 2.05) is 13.8 Å². The van der Waals surface area contributed by atoms with Crippen molar-refractivity contribution in [2.75, 3.05) is 0 Å². The van der Waals surface area contributed by atoms with E-state index in [0.717, 1.165) is 23.3 Å². The second-order valence-electron chi connectivity index (χ2n) is 2.28. The molecular formula is C9H14N4. The van der Waals surface area contributed by atoms with Crippen LogP contribution >= 0.6 is 0 Å². The van der Waals surface area contributed by atoms with Crippen LogP contribution in [0.5, 0.6) is 0 Å². The number of aryl methyl sites for hydroxylation is 1. The standard InChI is InChI=1S/C7H8N4.C2H6/c1-2-5-6-7(10-3-8-5)11-4-9-6;1-2/h3-4H,2H2,1H3,(H,8,9,10,11);1-2H3. The molecule has 2 aromatic heterocycles. The topological polar surface area (TPSA) is 54.5 Å². The highest BCUT2D eigenvalue weighted by Crippen LogP contribution is 2.08. The predicted molar refractivity (Wildman–Crippen MR) is 52.4 cm³/mol. The Morgan fingerprint density at radius 1 is 1.23 bits per heavy atom. The van der Waals surface area contributed by atoms with E-state index >= 15 is 0 Å². The lowest BCUT2D eigenvalue weighted by Gasteiger charge is -1.93. The molecular weight excluding hydrogens is 164 g/mol. The summed E-state index contributed by atoms with van der Waals surface area (Å²) in [5, 5.41) is 0. The molecule has 0 fully saturated rings. The van der Waals surface area contributed by atoms with Gasteiger partial charge in [-0.3, -0.25) is 0 Å². The summed E-state index contributed by atoms with van der Waals surface area (Å²) in [7, 11) is 0. The van der Waals surface area contributed by atoms with Gasteiger partial charge in [-0.15, -0.1) is 0 Å². The van der Waals surface area contributed by atoms with Gasteiger partial charge in [-0.25, -0.2) is 15.0 Å². The average molecular weight is 178 g/mol. The van der Waals surface area contributed by atoms with Gasteiger partial charge in [-0.1, -0.05) is 20.8 Å². The number of hydrogen-bond donors (Lipinski definition) is 1. The summed E-state index contributed by atoms with van der Waals surface area (Å²) in [4.78, 5) is 15.1. The van der Waals surface area contributed by atoms with Crippen LogP contribution in [0, 0.1) is 0 Å². The van der Waals surface area contributed by atoms with Gasteiger partial charge in [0.15, 0.2) is 5.65 Å². The molecule has 0 saturated heterocycles. The SMILES string of the molecule is CC.CCc1ncnc2nc[nH]c12. The first-order valence-corrected chi connectivity index (χ1v) is 4.54. The zero-order chi connectivity index (χ0) is 9.68. The summed E-state index contributed by atoms with van der Waals surface area (Å²) in [5.74, 6) is 0. The molecule has 0 aliphatic rings. The van der Waals surface area contributed by atoms with Crippen molar-refractivity contribution in [3.63, 3.8) is 0 Å². The van der Waals surface area contributed by atoms with E-state index in [0.29, 0.717) is 0 Å². The van der Waals surface area contributed by atoms with Gasteiger partial charge >= 0.3 is 0 Å². The molecule has 0 saturated carbocycles. The highest BCUT2D eigenvalue weighted by Gasteiger charge is 2.01. The molecule has 0 amide bonds. The molecule has 0 radical (unpaired) electrons. The molecule has 0 aliphatic carbocycles. The Morgan fingerprint density at radius 2 is 2.00 bits per heavy atom. The van der Waals surface area contributed by atoms with Crippen LogP contribution in [0.3, 0.4) is 0 Å². The average Bonchev–Trinajstić information content (AvgIpc) is 2.68. The normalized spacial score (nSPS) is 9.46. The highest BCUT2D eigenvalue weighted by atomic mass is 15.0. The number of aromatic nitrogens is 4. The summed E-state index contributed by atoms with van der Waals surface area (Å²) in [6.45, 7) is 6.06. The maximum absolute atomic E-state index is 4.12. The zero-order valence-corrected chi connectivity index (χ0v) is 8.20. The van der Waals surface area contributed by atoms with Crippen molar-refractivity contribution in [2.45, 2.75) is 27.2 Å². The fourth-order valence-electron chi connectivity index (χ4n) is 1.08. The van der Waals surface area contributed by atoms with Gasteiger partial charge in [0.05, 0.1) is 12.0 Å². The Bertz CT molecular complexity index is 366. The molecule has 4 nitrogen and oxygen atoms in total. The number of fused-ring (bicyclic) bond motifs is 1. The van der Waals surface area contributed by atoms with E-state index in [1.165, 1.54) is 0 Å². The number of H-pyrrole nitrogens is 1. The molecule has 0 bridgehead atoms. The monoisotopic (exact) mass is 178 g/mol. The molecule has 70 valence electrons. The first-order chi connectivity index (χ1) is 6.42. The van der Waals surface area contributed by atoms with Crippen LogP contribution in [0.4, 0.5) is 0 Å². The van der Waals surface area contributed by atoms with Gasteiger partial charge in [-0.2, -0.15) is 0 Å². The van der Waals surface area contributed by atoms with Crippen molar-refractivity contribution in [2.24, 2.45) is 0 Å². The smallest absolute Gasteiger partial charge is 0.180 e. The van der Waals surface area contributed by atoms with Gasteiger partial charge in [0, 0.05) is 0 Å². The van der Waals surface area contributed by atoms with Crippen LogP contribution in [-0.4, -0.2) is 19.9 Å². The molecule has 0 aromatic carbocycles. The van der Waals surface area contributed by atoms with Gasteiger partial charge in [0.25, 0.3) is 0 Å². The second kappa shape index (κ2) is 4.54. The largest absolute Gasteiger partial charge is 0.342 e. The van der Waals surface area contributed by atoms with Crippen molar-refractivity contribution in [3.8, 4) is 0 Å². The molecule has 0 spiro atoms. The third-order valence-electron chi connectivity index (χ3n) is 1.64. The predicted octanol–water partition coefficient (Wildman–Crippen LogP) is 1.94. The van der Waals surface area contributed by atoms with E-state index in [4.69, 9.17) is 0 Å². The molecule has 4 heteroatoms. The second-order valence-corrected chi connectivity index (χ2v) is 2.28. The van der Waals surface area contributed by atoms with E-state index in [-0.39, 0.29) is 0 Å². The first kappa shape index (κ1) is 9.64. The number of nitrogens with one attached hydrogen (secondary N) is 1. The molecule has 2 rings (SSSR count). The Morgan fingerprint density at radius 3 is 2.69 bits per heavy atom. The molecule has 2 aromatic rings. The summed E-state index contributed by atoms with van der Waals surface area (Å²) in [5.41, 5.74) is 2.72. The number of aromatic amines is 1. The quantitative estimate of drug-likeness (QED) is 0.726. The molecule has 0 atom stereocenters. The third-order valence-corrected chi connectivity index (χ3v) is 1.64. The summed E-state index contributed by atoms with van der Waals surface area (Å²) < 4.78 is 0. The molecule has 13 heavy (non-hydrogen) atoms. The van der Waals surface area contributed by atoms with Crippen LogP contribution in [0.2, 0.25) is 0 Å². The van der Waals surface area contributed by atoms with E-state index in [1.54, 1.807) is 12.7 Å². The zero-order valence-electron chi connectivity index (χ0n) is 8.20. The molecule has 0 unspecified atom stereocenters. The van der Waals surface area contributed by atoms with Crippen molar-refractivity contribution < 1.29 is 0 Å². The highest BCUT2D eigenvalue weighted by molar-refractivity contribution is 5.71. The lowest BCUT2D eigenvalue weighted by Crippen LogP contribution is -1.89. The van der Waals surface area contributed by atoms with Gasteiger partial charge in [-0.05, 0) is 6.42 Å². The minimum Gasteiger partial charge on any atom is -0.342 e. The van der Waals surface area contributed by atoms with Crippen molar-refractivity contribution >= 4 is 11.2 Å². The maximum atomic E-state index is 4.12. The van der Waals surface area contributed by atoms with Crippen molar-refractivity contribution in [1.29, 1.82) is 0 Å². The van der Waals surface area contributed by atoms with Gasteiger partial charge < -0.3 is 4.98 Å². The number of imidazole rings is 1. The minimum atomic E-state index is 0.747. The number of hydrogen-bond acceptors (Lipinski definition) is 3. The van der Waals surface area contributed by atoms with Crippen LogP contribution in [0.25, 0.3) is 11.2 Å². The van der Waals surface area contributed by atoms with Crippen LogP contribution in [0.1, 0.15) is 26.5 Å². The summed E-state index contributed by atoms with van der Waals surface area (Å²) in [6, 6.07) is 0. The van der Waals surface area contributed by atoms with E-state index in [9.17, 15) is 0 Å². The lowest BCUT2D eigenvalue weighted by atomic mass is 10.3. The fourth-order valence-corrected chi connectivity index (χ4v) is 1.08. The number of nitrogens with zero attached hydrogens (tertiary/aromatic N) is 3. The summed E-state index contributed by atoms with van der Waals surface area (Å²) in [6.07, 6.45) is 4.09. The Labute approximate surface area is 77.4 Å². The molecule has 1 N–H and O–H groups in total. The van der Waals surface area contributed by atoms with Crippen LogP contribution < -0.4 is 0 Å². The fraction of sp³-hybridized carbons (Fsp3) is 0.444. The van der Waals surface area contributed by atoms with Gasteiger partial charge in [0.1, 0.15) is 11.8 Å². The Hall–Kier alpha value is -1.45. The van der Waals surface area contributed by atoms with E-state index < -0.39 is 0 Å². The van der Waals surface area contributed by atoms with Crippen molar-refractivity contribution in [1.82, 2.24) is 19.9 Å². The Balaban J connectivity index is 0.000000396. The number of rotatable bonds is 1. The third kappa shape index (κ3) is 1.83.